The third kappa shape index (κ3) is 59.0. The number of carbonyl (C=O) groups excluding carboxylic acids is 1. The first kappa shape index (κ1) is 58.8. The van der Waals surface area contributed by atoms with E-state index in [0.29, 0.717) is 19.4 Å². The van der Waals surface area contributed by atoms with Gasteiger partial charge in [0.1, 0.15) is 0 Å². The SMILES string of the molecule is CCCCCCCC/C=C\CCCCCCCC(=O)OCCCCCCCCCCCCCC.CCCCCCCCCCCCCCCCCCCCCC(=O)O. The van der Waals surface area contributed by atoms with Gasteiger partial charge >= 0.3 is 11.9 Å². The molecular formula is C54H106O4. The Kier molecular flexibility index (Phi) is 56.4. The molecule has 0 aliphatic carbocycles. The average molecular weight is 819 g/mol. The van der Waals surface area contributed by atoms with Gasteiger partial charge in [-0.15, -0.1) is 0 Å². The fraction of sp³-hybridized carbons (Fsp3) is 0.926. The topological polar surface area (TPSA) is 63.6 Å². The second-order valence-electron chi connectivity index (χ2n) is 18.0. The van der Waals surface area contributed by atoms with Crippen LogP contribution in [0.15, 0.2) is 12.2 Å². The number of rotatable bonds is 48. The zero-order chi connectivity index (χ0) is 42.5. The van der Waals surface area contributed by atoms with Crippen molar-refractivity contribution in [3.8, 4) is 0 Å². The second-order valence-corrected chi connectivity index (χ2v) is 18.0. The summed E-state index contributed by atoms with van der Waals surface area (Å²) in [6.07, 6.45) is 64.3. The van der Waals surface area contributed by atoms with E-state index in [4.69, 9.17) is 9.84 Å². The highest BCUT2D eigenvalue weighted by atomic mass is 16.5. The summed E-state index contributed by atoms with van der Waals surface area (Å²) in [5.74, 6) is -0.636. The van der Waals surface area contributed by atoms with E-state index < -0.39 is 5.97 Å². The van der Waals surface area contributed by atoms with E-state index in [1.807, 2.05) is 0 Å². The van der Waals surface area contributed by atoms with Crippen molar-refractivity contribution in [3.05, 3.63) is 12.2 Å². The molecular weight excluding hydrogens is 713 g/mol. The third-order valence-corrected chi connectivity index (χ3v) is 11.9. The van der Waals surface area contributed by atoms with E-state index in [-0.39, 0.29) is 5.97 Å². The van der Waals surface area contributed by atoms with Crippen molar-refractivity contribution in [2.24, 2.45) is 0 Å². The Morgan fingerprint density at radius 2 is 0.569 bits per heavy atom. The van der Waals surface area contributed by atoms with Crippen molar-refractivity contribution in [2.45, 2.75) is 316 Å². The summed E-state index contributed by atoms with van der Waals surface area (Å²) in [5.41, 5.74) is 0. The van der Waals surface area contributed by atoms with Gasteiger partial charge in [-0.25, -0.2) is 0 Å². The van der Waals surface area contributed by atoms with Crippen LogP contribution in [0.2, 0.25) is 0 Å². The summed E-state index contributed by atoms with van der Waals surface area (Å²) in [6, 6.07) is 0. The van der Waals surface area contributed by atoms with Gasteiger partial charge in [0.05, 0.1) is 6.61 Å². The summed E-state index contributed by atoms with van der Waals surface area (Å²) < 4.78 is 5.40. The van der Waals surface area contributed by atoms with Crippen molar-refractivity contribution < 1.29 is 19.4 Å². The molecule has 0 aromatic carbocycles. The number of hydrogen-bond donors (Lipinski definition) is 1. The van der Waals surface area contributed by atoms with Gasteiger partial charge in [0.2, 0.25) is 0 Å². The van der Waals surface area contributed by atoms with Crippen LogP contribution in [0.1, 0.15) is 316 Å². The zero-order valence-electron chi connectivity index (χ0n) is 40.1. The molecule has 0 fully saturated rings. The standard InChI is InChI=1S/C32H62O2.C22H44O2/c1-3-5-7-9-11-13-15-17-18-19-20-22-24-26-28-30-32(33)34-31-29-27-25-23-21-16-14-12-10-8-6-4-2;1-2-3-4-5-6-7-8-9-10-11-12-13-14-15-16-17-18-19-20-21-22(23)24/h17-18H,3-16,19-31H2,1-2H3;2-21H2,1H3,(H,23,24)/b18-17-;. The molecule has 4 nitrogen and oxygen atoms in total. The maximum atomic E-state index is 11.8. The van der Waals surface area contributed by atoms with E-state index in [1.54, 1.807) is 0 Å². The van der Waals surface area contributed by atoms with Gasteiger partial charge in [-0.2, -0.15) is 0 Å². The summed E-state index contributed by atoms with van der Waals surface area (Å²) in [4.78, 5) is 22.2. The second kappa shape index (κ2) is 55.7. The molecule has 0 spiro atoms. The summed E-state index contributed by atoms with van der Waals surface area (Å²) in [5, 5.41) is 8.56. The molecule has 1 N–H and O–H groups in total. The molecule has 0 heterocycles. The quantitative estimate of drug-likeness (QED) is 0.0377. The van der Waals surface area contributed by atoms with Crippen LogP contribution in [0.25, 0.3) is 0 Å². The Labute approximate surface area is 365 Å². The minimum atomic E-state index is -0.651. The first-order valence-electron chi connectivity index (χ1n) is 26.6. The van der Waals surface area contributed by atoms with E-state index in [0.717, 1.165) is 32.1 Å². The molecule has 0 radical (unpaired) electrons. The fourth-order valence-corrected chi connectivity index (χ4v) is 7.90. The summed E-state index contributed by atoms with van der Waals surface area (Å²) in [7, 11) is 0. The van der Waals surface area contributed by atoms with Crippen LogP contribution in [0, 0.1) is 0 Å². The normalized spacial score (nSPS) is 11.3. The minimum absolute atomic E-state index is 0.0145. The van der Waals surface area contributed by atoms with Crippen molar-refractivity contribution >= 4 is 11.9 Å². The number of allylic oxidation sites excluding steroid dienone is 2. The van der Waals surface area contributed by atoms with Gasteiger partial charge in [0, 0.05) is 12.8 Å². The molecule has 0 aromatic rings. The van der Waals surface area contributed by atoms with Crippen LogP contribution < -0.4 is 0 Å². The predicted molar refractivity (Wildman–Crippen MR) is 257 cm³/mol. The van der Waals surface area contributed by atoms with Crippen molar-refractivity contribution in [1.82, 2.24) is 0 Å². The maximum absolute atomic E-state index is 11.8. The molecule has 0 saturated carbocycles. The molecule has 346 valence electrons. The number of esters is 1. The smallest absolute Gasteiger partial charge is 0.305 e. The van der Waals surface area contributed by atoms with Gasteiger partial charge in [-0.05, 0) is 44.9 Å². The monoisotopic (exact) mass is 819 g/mol. The number of unbranched alkanes of at least 4 members (excludes halogenated alkanes) is 40. The zero-order valence-corrected chi connectivity index (χ0v) is 40.1. The molecule has 0 amide bonds. The van der Waals surface area contributed by atoms with Crippen molar-refractivity contribution in [1.29, 1.82) is 0 Å². The lowest BCUT2D eigenvalue weighted by atomic mass is 10.0. The maximum Gasteiger partial charge on any atom is 0.305 e. The highest BCUT2D eigenvalue weighted by molar-refractivity contribution is 5.69. The van der Waals surface area contributed by atoms with E-state index in [2.05, 4.69) is 32.9 Å². The Morgan fingerprint density at radius 3 is 0.862 bits per heavy atom. The van der Waals surface area contributed by atoms with Gasteiger partial charge in [0.15, 0.2) is 0 Å². The Balaban J connectivity index is 0. The molecule has 0 bridgehead atoms. The van der Waals surface area contributed by atoms with E-state index in [9.17, 15) is 9.59 Å². The molecule has 0 saturated heterocycles. The molecule has 0 aliphatic rings. The van der Waals surface area contributed by atoms with Crippen LogP contribution in [0.5, 0.6) is 0 Å². The van der Waals surface area contributed by atoms with E-state index >= 15 is 0 Å². The van der Waals surface area contributed by atoms with Crippen molar-refractivity contribution in [2.75, 3.05) is 6.61 Å². The molecule has 0 unspecified atom stereocenters. The lowest BCUT2D eigenvalue weighted by molar-refractivity contribution is -0.144. The van der Waals surface area contributed by atoms with Gasteiger partial charge in [0.25, 0.3) is 0 Å². The Bertz CT molecular complexity index is 792. The highest BCUT2D eigenvalue weighted by Crippen LogP contribution is 2.16. The minimum Gasteiger partial charge on any atom is -0.481 e. The number of aliphatic carboxylic acids is 1. The van der Waals surface area contributed by atoms with E-state index in [1.165, 1.54) is 250 Å². The highest BCUT2D eigenvalue weighted by Gasteiger charge is 2.03. The number of hydrogen-bond acceptors (Lipinski definition) is 3. The van der Waals surface area contributed by atoms with Crippen LogP contribution in [0.3, 0.4) is 0 Å². The first-order valence-corrected chi connectivity index (χ1v) is 26.6. The van der Waals surface area contributed by atoms with Crippen molar-refractivity contribution in [3.63, 3.8) is 0 Å². The Morgan fingerprint density at radius 1 is 0.328 bits per heavy atom. The van der Waals surface area contributed by atoms with Gasteiger partial charge < -0.3 is 9.84 Å². The van der Waals surface area contributed by atoms with Crippen LogP contribution in [0.4, 0.5) is 0 Å². The largest absolute Gasteiger partial charge is 0.481 e. The average Bonchev–Trinajstić information content (AvgIpc) is 3.22. The molecule has 0 atom stereocenters. The third-order valence-electron chi connectivity index (χ3n) is 11.9. The molecule has 0 aromatic heterocycles. The molecule has 4 heteroatoms. The lowest BCUT2D eigenvalue weighted by Crippen LogP contribution is -2.05. The van der Waals surface area contributed by atoms with Gasteiger partial charge in [-0.1, -0.05) is 270 Å². The summed E-state index contributed by atoms with van der Waals surface area (Å²) in [6.45, 7) is 7.46. The van der Waals surface area contributed by atoms with Crippen LogP contribution in [-0.4, -0.2) is 23.7 Å². The van der Waals surface area contributed by atoms with Gasteiger partial charge in [-0.3, -0.25) is 9.59 Å². The number of carboxylic acid groups (broad SMARTS) is 1. The number of carboxylic acids is 1. The first-order chi connectivity index (χ1) is 28.6. The number of carbonyl (C=O) groups is 2. The molecule has 58 heavy (non-hydrogen) atoms. The predicted octanol–water partition coefficient (Wildman–Crippen LogP) is 19.2. The molecule has 0 aliphatic heterocycles. The van der Waals surface area contributed by atoms with Crippen LogP contribution in [-0.2, 0) is 14.3 Å². The molecule has 0 rings (SSSR count). The van der Waals surface area contributed by atoms with Crippen LogP contribution >= 0.6 is 0 Å². The number of ether oxygens (including phenoxy) is 1. The lowest BCUT2D eigenvalue weighted by Gasteiger charge is -2.05. The summed E-state index contributed by atoms with van der Waals surface area (Å²) >= 11 is 0. The Hall–Kier alpha value is -1.32. The fourth-order valence-electron chi connectivity index (χ4n) is 7.90.